The molecule has 0 spiro atoms. The van der Waals surface area contributed by atoms with Crippen molar-refractivity contribution in [3.63, 3.8) is 0 Å². The number of fused-ring (bicyclic) bond motifs is 1. The number of methoxy groups -OCH3 is 2. The van der Waals surface area contributed by atoms with Crippen LogP contribution in [0.5, 0.6) is 11.5 Å². The maximum Gasteiger partial charge on any atom is 0.285 e. The van der Waals surface area contributed by atoms with Crippen LogP contribution < -0.4 is 14.8 Å². The Morgan fingerprint density at radius 3 is 2.34 bits per heavy atom. The van der Waals surface area contributed by atoms with Gasteiger partial charge in [-0.25, -0.2) is 0 Å². The third-order valence-corrected chi connectivity index (χ3v) is 5.76. The molecule has 1 aliphatic heterocycles. The number of carbonyl (C=O) groups excluding carboxylic acids is 3. The van der Waals surface area contributed by atoms with Crippen molar-refractivity contribution in [2.45, 2.75) is 18.9 Å². The molecular formula is C27H26N2O6. The normalized spacial score (nSPS) is 14.9. The highest BCUT2D eigenvalue weighted by Crippen LogP contribution is 2.31. The van der Waals surface area contributed by atoms with E-state index in [4.69, 9.17) is 14.3 Å². The average molecular weight is 475 g/mol. The number of carbonyl (C=O) groups is 3. The maximum absolute atomic E-state index is 13.2. The van der Waals surface area contributed by atoms with Gasteiger partial charge < -0.3 is 14.8 Å². The molecule has 8 heteroatoms. The zero-order valence-electron chi connectivity index (χ0n) is 19.5. The highest BCUT2D eigenvalue weighted by molar-refractivity contribution is 6.18. The van der Waals surface area contributed by atoms with Gasteiger partial charge in [0.25, 0.3) is 11.8 Å². The lowest BCUT2D eigenvalue weighted by molar-refractivity contribution is -0.177. The summed E-state index contributed by atoms with van der Waals surface area (Å²) in [5.74, 6) is -1.78. The molecule has 1 heterocycles. The van der Waals surface area contributed by atoms with E-state index in [-0.39, 0.29) is 12.2 Å². The van der Waals surface area contributed by atoms with Crippen molar-refractivity contribution in [3.05, 3.63) is 95.1 Å². The summed E-state index contributed by atoms with van der Waals surface area (Å²) < 4.78 is 10.6. The van der Waals surface area contributed by atoms with E-state index in [1.54, 1.807) is 44.6 Å². The lowest BCUT2D eigenvalue weighted by Crippen LogP contribution is -2.49. The third kappa shape index (κ3) is 5.17. The number of ether oxygens (including phenoxy) is 2. The monoisotopic (exact) mass is 474 g/mol. The fourth-order valence-electron chi connectivity index (χ4n) is 3.96. The molecule has 0 saturated carbocycles. The van der Waals surface area contributed by atoms with E-state index in [1.165, 1.54) is 0 Å². The van der Waals surface area contributed by atoms with Gasteiger partial charge in [-0.3, -0.25) is 19.2 Å². The van der Waals surface area contributed by atoms with E-state index in [0.29, 0.717) is 35.1 Å². The number of hydroxylamine groups is 2. The first-order chi connectivity index (χ1) is 17.0. The van der Waals surface area contributed by atoms with Crippen molar-refractivity contribution in [2.24, 2.45) is 0 Å². The Morgan fingerprint density at radius 2 is 1.60 bits per heavy atom. The van der Waals surface area contributed by atoms with Gasteiger partial charge in [0.2, 0.25) is 5.91 Å². The molecule has 1 aliphatic rings. The van der Waals surface area contributed by atoms with Crippen LogP contribution >= 0.6 is 0 Å². The van der Waals surface area contributed by atoms with Gasteiger partial charge in [-0.15, -0.1) is 5.06 Å². The van der Waals surface area contributed by atoms with Crippen LogP contribution in [0.25, 0.3) is 0 Å². The van der Waals surface area contributed by atoms with E-state index in [2.05, 4.69) is 5.32 Å². The molecule has 1 unspecified atom stereocenters. The zero-order chi connectivity index (χ0) is 24.8. The molecule has 3 aromatic carbocycles. The summed E-state index contributed by atoms with van der Waals surface area (Å²) in [6.45, 7) is 0.313. The molecule has 0 aliphatic carbocycles. The van der Waals surface area contributed by atoms with Gasteiger partial charge in [0.05, 0.1) is 14.2 Å². The van der Waals surface area contributed by atoms with E-state index in [0.717, 1.165) is 11.1 Å². The zero-order valence-corrected chi connectivity index (χ0v) is 19.5. The SMILES string of the molecule is COc1ccc(CCNC(=O)C2C(=O)N(OCc3ccccc3)C(=O)c3ccccc32)cc1OC. The first-order valence-corrected chi connectivity index (χ1v) is 11.2. The van der Waals surface area contributed by atoms with Crippen LogP contribution in [0.1, 0.15) is 33.0 Å². The largest absolute Gasteiger partial charge is 0.493 e. The van der Waals surface area contributed by atoms with Crippen LogP contribution in [-0.2, 0) is 27.5 Å². The van der Waals surface area contributed by atoms with Crippen molar-refractivity contribution in [1.29, 1.82) is 0 Å². The van der Waals surface area contributed by atoms with Crippen LogP contribution in [0.4, 0.5) is 0 Å². The van der Waals surface area contributed by atoms with E-state index in [9.17, 15) is 14.4 Å². The number of rotatable bonds is 9. The minimum absolute atomic E-state index is 0.0220. The number of imide groups is 1. The van der Waals surface area contributed by atoms with Gasteiger partial charge >= 0.3 is 0 Å². The Bertz CT molecular complexity index is 1230. The number of amides is 3. The van der Waals surface area contributed by atoms with Gasteiger partial charge in [-0.1, -0.05) is 54.6 Å². The molecule has 0 fully saturated rings. The third-order valence-electron chi connectivity index (χ3n) is 5.76. The van der Waals surface area contributed by atoms with Crippen molar-refractivity contribution in [3.8, 4) is 11.5 Å². The molecule has 180 valence electrons. The predicted molar refractivity (Wildman–Crippen MR) is 128 cm³/mol. The Balaban J connectivity index is 1.48. The topological polar surface area (TPSA) is 94.2 Å². The van der Waals surface area contributed by atoms with Gasteiger partial charge in [-0.05, 0) is 41.3 Å². The lowest BCUT2D eigenvalue weighted by atomic mass is 9.88. The van der Waals surface area contributed by atoms with E-state index >= 15 is 0 Å². The molecule has 3 amide bonds. The van der Waals surface area contributed by atoms with Gasteiger partial charge in [0.15, 0.2) is 11.5 Å². The smallest absolute Gasteiger partial charge is 0.285 e. The minimum Gasteiger partial charge on any atom is -0.493 e. The second-order valence-corrected chi connectivity index (χ2v) is 7.95. The summed E-state index contributed by atoms with van der Waals surface area (Å²) in [5, 5.41) is 3.52. The summed E-state index contributed by atoms with van der Waals surface area (Å²) in [5.41, 5.74) is 2.36. The number of hydrogen-bond donors (Lipinski definition) is 1. The summed E-state index contributed by atoms with van der Waals surface area (Å²) in [7, 11) is 3.12. The molecule has 0 aromatic heterocycles. The van der Waals surface area contributed by atoms with E-state index < -0.39 is 23.6 Å². The molecule has 8 nitrogen and oxygen atoms in total. The molecule has 0 saturated heterocycles. The predicted octanol–water partition coefficient (Wildman–Crippen LogP) is 3.26. The van der Waals surface area contributed by atoms with Crippen molar-refractivity contribution in [2.75, 3.05) is 20.8 Å². The first-order valence-electron chi connectivity index (χ1n) is 11.2. The Morgan fingerprint density at radius 1 is 0.886 bits per heavy atom. The molecule has 0 radical (unpaired) electrons. The van der Waals surface area contributed by atoms with Crippen molar-refractivity contribution < 1.29 is 28.7 Å². The molecule has 0 bridgehead atoms. The van der Waals surface area contributed by atoms with Crippen LogP contribution in [0.15, 0.2) is 72.8 Å². The van der Waals surface area contributed by atoms with E-state index in [1.807, 2.05) is 42.5 Å². The highest BCUT2D eigenvalue weighted by Gasteiger charge is 2.43. The summed E-state index contributed by atoms with van der Waals surface area (Å²) >= 11 is 0. The number of nitrogens with one attached hydrogen (secondary N) is 1. The fourth-order valence-corrected chi connectivity index (χ4v) is 3.96. The summed E-state index contributed by atoms with van der Waals surface area (Å²) in [4.78, 5) is 44.9. The lowest BCUT2D eigenvalue weighted by Gasteiger charge is -2.30. The van der Waals surface area contributed by atoms with Crippen molar-refractivity contribution >= 4 is 17.7 Å². The number of benzene rings is 3. The number of hydrogen-bond acceptors (Lipinski definition) is 6. The van der Waals surface area contributed by atoms with Gasteiger partial charge in [-0.2, -0.15) is 0 Å². The molecule has 1 atom stereocenters. The summed E-state index contributed by atoms with van der Waals surface area (Å²) in [6.07, 6.45) is 0.516. The standard InChI is InChI=1S/C27H26N2O6/c1-33-22-13-12-18(16-23(22)34-2)14-15-28-25(30)24-20-10-6-7-11-21(20)26(31)29(27(24)32)35-17-19-8-4-3-5-9-19/h3-13,16,24H,14-15,17H2,1-2H3,(H,28,30). The number of nitrogens with zero attached hydrogens (tertiary/aromatic N) is 1. The Hall–Kier alpha value is -4.17. The highest BCUT2D eigenvalue weighted by atomic mass is 16.7. The molecule has 35 heavy (non-hydrogen) atoms. The molecule has 1 N–H and O–H groups in total. The maximum atomic E-state index is 13.2. The second kappa shape index (κ2) is 10.8. The van der Waals surface area contributed by atoms with Crippen LogP contribution in [0.2, 0.25) is 0 Å². The van der Waals surface area contributed by atoms with Gasteiger partial charge in [0.1, 0.15) is 12.5 Å². The van der Waals surface area contributed by atoms with Crippen LogP contribution in [0.3, 0.4) is 0 Å². The quantitative estimate of drug-likeness (QED) is 0.378. The second-order valence-electron chi connectivity index (χ2n) is 7.95. The summed E-state index contributed by atoms with van der Waals surface area (Å²) in [6, 6.07) is 21.3. The first kappa shape index (κ1) is 24.0. The van der Waals surface area contributed by atoms with Gasteiger partial charge in [0, 0.05) is 12.1 Å². The Kier molecular flexibility index (Phi) is 7.42. The molecular weight excluding hydrogens is 448 g/mol. The fraction of sp³-hybridized carbons (Fsp3) is 0.222. The van der Waals surface area contributed by atoms with Crippen LogP contribution in [-0.4, -0.2) is 43.5 Å². The molecule has 4 rings (SSSR count). The minimum atomic E-state index is -1.19. The molecule has 3 aromatic rings. The average Bonchev–Trinajstić information content (AvgIpc) is 2.89. The van der Waals surface area contributed by atoms with Crippen molar-refractivity contribution in [1.82, 2.24) is 10.4 Å². The van der Waals surface area contributed by atoms with Crippen LogP contribution in [0, 0.1) is 0 Å². The Labute approximate surface area is 203 Å².